The summed E-state index contributed by atoms with van der Waals surface area (Å²) in [5, 5.41) is 9.17. The number of nitrogens with zero attached hydrogens (tertiary/aromatic N) is 1. The summed E-state index contributed by atoms with van der Waals surface area (Å²) in [4.78, 5) is 13.4. The monoisotopic (exact) mass is 265 g/mol. The van der Waals surface area contributed by atoms with Gasteiger partial charge in [0.1, 0.15) is 11.3 Å². The Morgan fingerprint density at radius 1 is 1.42 bits per heavy atom. The molecular formula is C15H23NO3. The van der Waals surface area contributed by atoms with Crippen molar-refractivity contribution >= 4 is 5.97 Å². The third-order valence-electron chi connectivity index (χ3n) is 3.81. The van der Waals surface area contributed by atoms with Crippen LogP contribution in [0.25, 0.3) is 0 Å². The van der Waals surface area contributed by atoms with Gasteiger partial charge in [-0.3, -0.25) is 4.90 Å². The molecule has 0 unspecified atom stereocenters. The summed E-state index contributed by atoms with van der Waals surface area (Å²) in [5.41, 5.74) is 1.27. The molecular weight excluding hydrogens is 242 g/mol. The van der Waals surface area contributed by atoms with E-state index in [2.05, 4.69) is 25.7 Å². The maximum atomic E-state index is 11.2. The Balaban J connectivity index is 2.97. The minimum Gasteiger partial charge on any atom is -0.496 e. The Labute approximate surface area is 115 Å². The summed E-state index contributed by atoms with van der Waals surface area (Å²) in [5.74, 6) is -0.565. The van der Waals surface area contributed by atoms with Crippen LogP contribution in [0.5, 0.6) is 5.75 Å². The molecule has 0 fully saturated rings. The van der Waals surface area contributed by atoms with Gasteiger partial charge in [-0.2, -0.15) is 0 Å². The van der Waals surface area contributed by atoms with Crippen molar-refractivity contribution in [3.05, 3.63) is 29.3 Å². The van der Waals surface area contributed by atoms with E-state index in [1.807, 2.05) is 13.1 Å². The molecule has 4 heteroatoms. The van der Waals surface area contributed by atoms with Crippen LogP contribution in [0.15, 0.2) is 18.2 Å². The largest absolute Gasteiger partial charge is 0.496 e. The molecule has 0 bridgehead atoms. The van der Waals surface area contributed by atoms with E-state index in [9.17, 15) is 4.79 Å². The molecule has 0 saturated carbocycles. The Hall–Kier alpha value is -1.55. The summed E-state index contributed by atoms with van der Waals surface area (Å²) >= 11 is 0. The predicted octanol–water partition coefficient (Wildman–Crippen LogP) is 3.01. The van der Waals surface area contributed by atoms with Crippen LogP contribution in [0.3, 0.4) is 0 Å². The predicted molar refractivity (Wildman–Crippen MR) is 75.8 cm³/mol. The van der Waals surface area contributed by atoms with E-state index >= 15 is 0 Å². The number of methoxy groups -OCH3 is 1. The zero-order valence-corrected chi connectivity index (χ0v) is 12.4. The first-order valence-electron chi connectivity index (χ1n) is 6.43. The Morgan fingerprint density at radius 2 is 2.05 bits per heavy atom. The average Bonchev–Trinajstić information content (AvgIpc) is 2.38. The van der Waals surface area contributed by atoms with E-state index in [-0.39, 0.29) is 11.1 Å². The van der Waals surface area contributed by atoms with E-state index in [1.54, 1.807) is 12.1 Å². The normalized spacial score (nSPS) is 11.7. The molecule has 0 spiro atoms. The standard InChI is InChI=1S/C15H23NO3/c1-6-15(2,3)16(4)10-11-7-8-13(19-5)12(9-11)14(17)18/h7-9H,6,10H2,1-5H3,(H,17,18). The molecule has 0 heterocycles. The molecule has 0 aliphatic rings. The highest BCUT2D eigenvalue weighted by molar-refractivity contribution is 5.91. The quantitative estimate of drug-likeness (QED) is 0.859. The zero-order valence-electron chi connectivity index (χ0n) is 12.4. The molecule has 0 aromatic heterocycles. The molecule has 1 aromatic carbocycles. The lowest BCUT2D eigenvalue weighted by atomic mass is 9.99. The van der Waals surface area contributed by atoms with Crippen LogP contribution in [0.2, 0.25) is 0 Å². The molecule has 0 atom stereocenters. The van der Waals surface area contributed by atoms with Gasteiger partial charge in [0.05, 0.1) is 7.11 Å². The SMILES string of the molecule is CCC(C)(C)N(C)Cc1ccc(OC)c(C(=O)O)c1. The Kier molecular flexibility index (Phi) is 4.95. The van der Waals surface area contributed by atoms with E-state index in [1.165, 1.54) is 7.11 Å². The third kappa shape index (κ3) is 3.70. The number of hydrogen-bond donors (Lipinski definition) is 1. The van der Waals surface area contributed by atoms with Crippen molar-refractivity contribution < 1.29 is 14.6 Å². The molecule has 0 radical (unpaired) electrons. The maximum Gasteiger partial charge on any atom is 0.339 e. The van der Waals surface area contributed by atoms with E-state index in [4.69, 9.17) is 9.84 Å². The van der Waals surface area contributed by atoms with E-state index in [0.717, 1.165) is 12.0 Å². The molecule has 1 rings (SSSR count). The number of aromatic carboxylic acids is 1. The molecule has 0 aliphatic heterocycles. The molecule has 0 amide bonds. The summed E-state index contributed by atoms with van der Waals surface area (Å²) in [6.07, 6.45) is 1.03. The van der Waals surface area contributed by atoms with Crippen LogP contribution in [-0.4, -0.2) is 35.7 Å². The van der Waals surface area contributed by atoms with Gasteiger partial charge in [0.15, 0.2) is 0 Å². The van der Waals surface area contributed by atoms with Crippen LogP contribution in [-0.2, 0) is 6.54 Å². The summed E-state index contributed by atoms with van der Waals surface area (Å²) in [6, 6.07) is 5.31. The molecule has 106 valence electrons. The molecule has 1 aromatic rings. The topological polar surface area (TPSA) is 49.8 Å². The van der Waals surface area contributed by atoms with Crippen molar-refractivity contribution in [3.63, 3.8) is 0 Å². The number of carboxylic acids is 1. The van der Waals surface area contributed by atoms with Crippen molar-refractivity contribution in [3.8, 4) is 5.75 Å². The van der Waals surface area contributed by atoms with Gasteiger partial charge in [-0.15, -0.1) is 0 Å². The molecule has 1 N–H and O–H groups in total. The van der Waals surface area contributed by atoms with Gasteiger partial charge in [0.25, 0.3) is 0 Å². The lowest BCUT2D eigenvalue weighted by Crippen LogP contribution is -2.39. The van der Waals surface area contributed by atoms with Crippen molar-refractivity contribution in [2.45, 2.75) is 39.3 Å². The van der Waals surface area contributed by atoms with Crippen LogP contribution in [0, 0.1) is 0 Å². The van der Waals surface area contributed by atoms with Crippen molar-refractivity contribution in [2.24, 2.45) is 0 Å². The minimum absolute atomic E-state index is 0.0866. The van der Waals surface area contributed by atoms with Crippen LogP contribution in [0.4, 0.5) is 0 Å². The number of benzene rings is 1. The first-order valence-corrected chi connectivity index (χ1v) is 6.43. The van der Waals surface area contributed by atoms with Crippen LogP contribution < -0.4 is 4.74 Å². The van der Waals surface area contributed by atoms with Gasteiger partial charge in [0.2, 0.25) is 0 Å². The van der Waals surface area contributed by atoms with Gasteiger partial charge in [-0.25, -0.2) is 4.79 Å². The number of rotatable bonds is 6. The zero-order chi connectivity index (χ0) is 14.6. The Bertz CT molecular complexity index is 455. The molecule has 4 nitrogen and oxygen atoms in total. The summed E-state index contributed by atoms with van der Waals surface area (Å²) in [7, 11) is 3.53. The highest BCUT2D eigenvalue weighted by Crippen LogP contribution is 2.23. The van der Waals surface area contributed by atoms with Crippen LogP contribution >= 0.6 is 0 Å². The second-order valence-corrected chi connectivity index (χ2v) is 5.36. The lowest BCUT2D eigenvalue weighted by molar-refractivity contribution is 0.0693. The van der Waals surface area contributed by atoms with Gasteiger partial charge in [-0.05, 0) is 45.0 Å². The number of hydrogen-bond acceptors (Lipinski definition) is 3. The molecule has 19 heavy (non-hydrogen) atoms. The molecule has 0 aliphatic carbocycles. The molecule has 0 saturated heterocycles. The van der Waals surface area contributed by atoms with Crippen molar-refractivity contribution in [1.82, 2.24) is 4.90 Å². The first kappa shape index (κ1) is 15.5. The van der Waals surface area contributed by atoms with Gasteiger partial charge in [0, 0.05) is 12.1 Å². The van der Waals surface area contributed by atoms with E-state index in [0.29, 0.717) is 12.3 Å². The fourth-order valence-corrected chi connectivity index (χ4v) is 1.78. The van der Waals surface area contributed by atoms with Gasteiger partial charge >= 0.3 is 5.97 Å². The third-order valence-corrected chi connectivity index (χ3v) is 3.81. The number of ether oxygens (including phenoxy) is 1. The van der Waals surface area contributed by atoms with Gasteiger partial charge < -0.3 is 9.84 Å². The Morgan fingerprint density at radius 3 is 2.53 bits per heavy atom. The van der Waals surface area contributed by atoms with E-state index < -0.39 is 5.97 Å². The summed E-state index contributed by atoms with van der Waals surface area (Å²) < 4.78 is 5.06. The highest BCUT2D eigenvalue weighted by Gasteiger charge is 2.21. The van der Waals surface area contributed by atoms with Crippen molar-refractivity contribution in [2.75, 3.05) is 14.2 Å². The van der Waals surface area contributed by atoms with Crippen LogP contribution in [0.1, 0.15) is 43.1 Å². The minimum atomic E-state index is -0.962. The fraction of sp³-hybridized carbons (Fsp3) is 0.533. The fourth-order valence-electron chi connectivity index (χ4n) is 1.78. The maximum absolute atomic E-state index is 11.2. The van der Waals surface area contributed by atoms with Crippen molar-refractivity contribution in [1.29, 1.82) is 0 Å². The number of carboxylic acid groups (broad SMARTS) is 1. The lowest BCUT2D eigenvalue weighted by Gasteiger charge is -2.35. The van der Waals surface area contributed by atoms with Gasteiger partial charge in [-0.1, -0.05) is 13.0 Å². The summed E-state index contributed by atoms with van der Waals surface area (Å²) in [6.45, 7) is 7.21. The second kappa shape index (κ2) is 6.06. The smallest absolute Gasteiger partial charge is 0.339 e. The number of carbonyl (C=O) groups is 1. The highest BCUT2D eigenvalue weighted by atomic mass is 16.5. The first-order chi connectivity index (χ1) is 8.81. The average molecular weight is 265 g/mol. The second-order valence-electron chi connectivity index (χ2n) is 5.36.